The third kappa shape index (κ3) is 3.84. The lowest BCUT2D eigenvalue weighted by atomic mass is 9.99. The SMILES string of the molecule is Cn1c(=O)c2[nH]c(CCCC(=O)N3CCC(N4C(=O)OC5Cc6ccccc6C54)CC3)nc2n(C)c1=O. The maximum Gasteiger partial charge on any atom is 0.411 e. The van der Waals surface area contributed by atoms with Crippen LogP contribution in [-0.2, 0) is 36.5 Å². The predicted octanol–water partition coefficient (Wildman–Crippen LogP) is 1.39. The smallest absolute Gasteiger partial charge is 0.411 e. The van der Waals surface area contributed by atoms with Crippen molar-refractivity contribution in [2.75, 3.05) is 13.1 Å². The van der Waals surface area contributed by atoms with Crippen LogP contribution in [0.3, 0.4) is 0 Å². The number of imidazole rings is 1. The van der Waals surface area contributed by atoms with E-state index in [0.717, 1.165) is 23.8 Å². The first-order chi connectivity index (χ1) is 17.8. The van der Waals surface area contributed by atoms with Crippen molar-refractivity contribution in [1.29, 1.82) is 0 Å². The van der Waals surface area contributed by atoms with E-state index in [9.17, 15) is 19.2 Å². The molecule has 2 amide bonds. The van der Waals surface area contributed by atoms with Crippen LogP contribution in [0.25, 0.3) is 11.2 Å². The maximum absolute atomic E-state index is 12.9. The number of nitrogens with one attached hydrogen (secondary N) is 1. The van der Waals surface area contributed by atoms with Crippen molar-refractivity contribution < 1.29 is 14.3 Å². The molecule has 11 nitrogen and oxygen atoms in total. The van der Waals surface area contributed by atoms with E-state index < -0.39 is 11.2 Å². The Morgan fingerprint density at radius 3 is 2.65 bits per heavy atom. The van der Waals surface area contributed by atoms with Gasteiger partial charge in [0.1, 0.15) is 17.4 Å². The van der Waals surface area contributed by atoms with Crippen molar-refractivity contribution in [2.24, 2.45) is 14.1 Å². The van der Waals surface area contributed by atoms with Crippen molar-refractivity contribution in [3.05, 3.63) is 62.1 Å². The molecule has 2 aliphatic heterocycles. The number of benzene rings is 1. The highest BCUT2D eigenvalue weighted by Crippen LogP contribution is 2.44. The van der Waals surface area contributed by atoms with Crippen LogP contribution >= 0.6 is 0 Å². The number of likely N-dealkylation sites (tertiary alicyclic amines) is 1. The van der Waals surface area contributed by atoms with Gasteiger partial charge in [0.15, 0.2) is 5.65 Å². The predicted molar refractivity (Wildman–Crippen MR) is 134 cm³/mol. The summed E-state index contributed by atoms with van der Waals surface area (Å²) in [5.41, 5.74) is 2.20. The zero-order chi connectivity index (χ0) is 25.8. The molecule has 0 spiro atoms. The lowest BCUT2D eigenvalue weighted by Crippen LogP contribution is -2.47. The minimum atomic E-state index is -0.427. The molecule has 0 saturated carbocycles. The average molecular weight is 507 g/mol. The van der Waals surface area contributed by atoms with Crippen LogP contribution in [0.15, 0.2) is 33.9 Å². The number of piperidine rings is 1. The zero-order valence-corrected chi connectivity index (χ0v) is 21.0. The van der Waals surface area contributed by atoms with Crippen LogP contribution < -0.4 is 11.2 Å². The number of H-pyrrole nitrogens is 1. The van der Waals surface area contributed by atoms with Gasteiger partial charge in [0, 0.05) is 52.5 Å². The van der Waals surface area contributed by atoms with Gasteiger partial charge in [-0.2, -0.15) is 0 Å². The standard InChI is InChI=1S/C26H30N6O5/c1-29-23-21(24(34)30(2)25(29)35)27-19(28-23)8-5-9-20(33)31-12-10-16(11-13-31)32-22-17-7-4-3-6-15(17)14-18(22)37-26(32)36/h3-4,6-7,16,18,22H,5,8-14H2,1-2H3,(H,27,28). The summed E-state index contributed by atoms with van der Waals surface area (Å²) in [5.74, 6) is 0.657. The Morgan fingerprint density at radius 2 is 1.86 bits per heavy atom. The average Bonchev–Trinajstić information content (AvgIpc) is 3.57. The summed E-state index contributed by atoms with van der Waals surface area (Å²) in [6.45, 7) is 1.21. The fourth-order valence-electron chi connectivity index (χ4n) is 6.10. The van der Waals surface area contributed by atoms with Gasteiger partial charge in [-0.25, -0.2) is 14.6 Å². The number of fused-ring (bicyclic) bond motifs is 4. The van der Waals surface area contributed by atoms with Crippen LogP contribution in [0.2, 0.25) is 0 Å². The molecule has 2 atom stereocenters. The Kier molecular flexibility index (Phi) is 5.65. The van der Waals surface area contributed by atoms with E-state index >= 15 is 0 Å². The Bertz CT molecular complexity index is 1510. The first-order valence-corrected chi connectivity index (χ1v) is 12.8. The number of hydrogen-bond donors (Lipinski definition) is 1. The van der Waals surface area contributed by atoms with E-state index in [0.29, 0.717) is 49.3 Å². The lowest BCUT2D eigenvalue weighted by molar-refractivity contribution is -0.132. The van der Waals surface area contributed by atoms with E-state index in [2.05, 4.69) is 22.1 Å². The number of amides is 2. The molecule has 194 valence electrons. The monoisotopic (exact) mass is 506 g/mol. The molecule has 1 aromatic carbocycles. The third-order valence-corrected chi connectivity index (χ3v) is 8.07. The number of aryl methyl sites for hydroxylation is 2. The molecule has 1 N–H and O–H groups in total. The number of aromatic nitrogens is 4. The maximum atomic E-state index is 12.9. The Morgan fingerprint density at radius 1 is 1.11 bits per heavy atom. The highest BCUT2D eigenvalue weighted by Gasteiger charge is 2.50. The molecule has 2 unspecified atom stereocenters. The van der Waals surface area contributed by atoms with Gasteiger partial charge < -0.3 is 14.6 Å². The second kappa shape index (κ2) is 8.89. The summed E-state index contributed by atoms with van der Waals surface area (Å²) < 4.78 is 8.10. The molecule has 0 radical (unpaired) electrons. The zero-order valence-electron chi connectivity index (χ0n) is 21.0. The van der Waals surface area contributed by atoms with Crippen molar-refractivity contribution in [3.63, 3.8) is 0 Å². The normalized spacial score (nSPS) is 21.4. The molecule has 2 aromatic heterocycles. The minimum Gasteiger partial charge on any atom is -0.443 e. The fourth-order valence-corrected chi connectivity index (χ4v) is 6.10. The van der Waals surface area contributed by atoms with Gasteiger partial charge in [-0.05, 0) is 30.4 Å². The second-order valence-electron chi connectivity index (χ2n) is 10.2. The highest BCUT2D eigenvalue weighted by molar-refractivity contribution is 5.76. The molecule has 2 fully saturated rings. The summed E-state index contributed by atoms with van der Waals surface area (Å²) in [4.78, 5) is 61.3. The van der Waals surface area contributed by atoms with Crippen molar-refractivity contribution in [3.8, 4) is 0 Å². The quantitative estimate of drug-likeness (QED) is 0.558. The number of hydrogen-bond acceptors (Lipinski definition) is 6. The van der Waals surface area contributed by atoms with Gasteiger partial charge in [-0.1, -0.05) is 24.3 Å². The van der Waals surface area contributed by atoms with E-state index in [1.54, 1.807) is 7.05 Å². The van der Waals surface area contributed by atoms with Crippen molar-refractivity contribution in [2.45, 2.75) is 56.7 Å². The minimum absolute atomic E-state index is 0.0314. The second-order valence-corrected chi connectivity index (χ2v) is 10.2. The summed E-state index contributed by atoms with van der Waals surface area (Å²) in [5, 5.41) is 0. The first kappa shape index (κ1) is 23.5. The number of rotatable bonds is 5. The fraction of sp³-hybridized carbons (Fsp3) is 0.500. The molecule has 3 aromatic rings. The summed E-state index contributed by atoms with van der Waals surface area (Å²) in [6, 6.07) is 8.25. The van der Waals surface area contributed by atoms with Gasteiger partial charge in [0.25, 0.3) is 5.56 Å². The largest absolute Gasteiger partial charge is 0.443 e. The Balaban J connectivity index is 1.05. The number of aromatic amines is 1. The molecule has 11 heteroatoms. The van der Waals surface area contributed by atoms with Crippen LogP contribution in [-0.4, -0.2) is 66.1 Å². The van der Waals surface area contributed by atoms with E-state index in [1.165, 1.54) is 22.7 Å². The van der Waals surface area contributed by atoms with Gasteiger partial charge in [-0.3, -0.25) is 23.6 Å². The highest BCUT2D eigenvalue weighted by atomic mass is 16.6. The van der Waals surface area contributed by atoms with Crippen LogP contribution in [0.4, 0.5) is 4.79 Å². The van der Waals surface area contributed by atoms with Gasteiger partial charge in [0.2, 0.25) is 5.91 Å². The molecule has 37 heavy (non-hydrogen) atoms. The van der Waals surface area contributed by atoms with Crippen LogP contribution in [0.1, 0.15) is 48.7 Å². The van der Waals surface area contributed by atoms with Crippen molar-refractivity contribution in [1.82, 2.24) is 28.9 Å². The molecule has 6 rings (SSSR count). The molecule has 0 bridgehead atoms. The molecular weight excluding hydrogens is 476 g/mol. The molecule has 2 saturated heterocycles. The van der Waals surface area contributed by atoms with E-state index in [-0.39, 0.29) is 30.2 Å². The summed E-state index contributed by atoms with van der Waals surface area (Å²) in [7, 11) is 3.01. The molecule has 4 heterocycles. The molecule has 3 aliphatic rings. The number of ether oxygens (including phenoxy) is 1. The Hall–Kier alpha value is -3.89. The summed E-state index contributed by atoms with van der Waals surface area (Å²) >= 11 is 0. The number of carbonyl (C=O) groups excluding carboxylic acids is 2. The van der Waals surface area contributed by atoms with E-state index in [4.69, 9.17) is 4.74 Å². The lowest BCUT2D eigenvalue weighted by Gasteiger charge is -2.38. The van der Waals surface area contributed by atoms with Crippen molar-refractivity contribution >= 4 is 23.2 Å². The third-order valence-electron chi connectivity index (χ3n) is 8.07. The topological polar surface area (TPSA) is 123 Å². The molecule has 1 aliphatic carbocycles. The Labute approximate surface area is 212 Å². The van der Waals surface area contributed by atoms with Gasteiger partial charge in [-0.15, -0.1) is 0 Å². The molecular formula is C26H30N6O5. The van der Waals surface area contributed by atoms with Crippen LogP contribution in [0.5, 0.6) is 0 Å². The number of nitrogens with zero attached hydrogens (tertiary/aromatic N) is 5. The summed E-state index contributed by atoms with van der Waals surface area (Å²) in [6.07, 6.45) is 3.29. The van der Waals surface area contributed by atoms with Gasteiger partial charge >= 0.3 is 11.8 Å². The van der Waals surface area contributed by atoms with Crippen LogP contribution in [0, 0.1) is 0 Å². The first-order valence-electron chi connectivity index (χ1n) is 12.8. The number of carbonyl (C=O) groups is 2. The van der Waals surface area contributed by atoms with Gasteiger partial charge in [0.05, 0.1) is 6.04 Å². The van der Waals surface area contributed by atoms with E-state index in [1.807, 2.05) is 21.9 Å².